The van der Waals surface area contributed by atoms with Gasteiger partial charge >= 0.3 is 0 Å². The first-order chi connectivity index (χ1) is 12.9. The fourth-order valence-corrected chi connectivity index (χ4v) is 3.53. The quantitative estimate of drug-likeness (QED) is 0.703. The number of rotatable bonds is 5. The van der Waals surface area contributed by atoms with Gasteiger partial charge in [-0.2, -0.15) is 5.26 Å². The van der Waals surface area contributed by atoms with Crippen LogP contribution in [0.3, 0.4) is 0 Å². The van der Waals surface area contributed by atoms with Gasteiger partial charge < -0.3 is 16.8 Å². The third-order valence-electron chi connectivity index (χ3n) is 4.99. The highest BCUT2D eigenvalue weighted by Crippen LogP contribution is 2.36. The number of nitrogens with one attached hydrogen (secondary N) is 1. The number of nitriles is 1. The Kier molecular flexibility index (Phi) is 5.38. The van der Waals surface area contributed by atoms with Crippen molar-refractivity contribution in [2.45, 2.75) is 37.8 Å². The van der Waals surface area contributed by atoms with E-state index in [1.165, 1.54) is 12.1 Å². The monoisotopic (exact) mass is 370 g/mol. The van der Waals surface area contributed by atoms with Crippen molar-refractivity contribution >= 4 is 11.6 Å². The largest absolute Gasteiger partial charge is 0.398 e. The maximum atomic E-state index is 13.6. The van der Waals surface area contributed by atoms with Gasteiger partial charge in [0.05, 0.1) is 11.6 Å². The average Bonchev–Trinajstić information content (AvgIpc) is 3.04. The summed E-state index contributed by atoms with van der Waals surface area (Å²) in [5, 5.41) is 11.7. The fraction of sp³-hybridized carbons (Fsp3) is 0.300. The second kappa shape index (κ2) is 7.72. The van der Waals surface area contributed by atoms with Crippen LogP contribution in [0.1, 0.15) is 41.0 Å². The number of hydrogen-bond acceptors (Lipinski definition) is 4. The van der Waals surface area contributed by atoms with Crippen LogP contribution >= 0.6 is 0 Å². The van der Waals surface area contributed by atoms with Gasteiger partial charge in [-0.3, -0.25) is 4.79 Å². The minimum atomic E-state index is -0.898. The predicted molar refractivity (Wildman–Crippen MR) is 97.4 cm³/mol. The molecule has 2 aromatic rings. The molecule has 0 aliphatic heterocycles. The molecule has 0 saturated carbocycles. The van der Waals surface area contributed by atoms with Crippen molar-refractivity contribution in [1.82, 2.24) is 5.32 Å². The van der Waals surface area contributed by atoms with Crippen LogP contribution in [0.2, 0.25) is 0 Å². The average molecular weight is 370 g/mol. The molecule has 2 unspecified atom stereocenters. The van der Waals surface area contributed by atoms with Gasteiger partial charge in [0.2, 0.25) is 5.91 Å². The number of anilines is 1. The van der Waals surface area contributed by atoms with E-state index in [2.05, 4.69) is 5.32 Å². The third-order valence-corrected chi connectivity index (χ3v) is 4.99. The molecule has 1 amide bonds. The molecular weight excluding hydrogens is 350 g/mol. The maximum absolute atomic E-state index is 13.6. The van der Waals surface area contributed by atoms with Crippen LogP contribution < -0.4 is 16.8 Å². The van der Waals surface area contributed by atoms with Gasteiger partial charge in [-0.25, -0.2) is 8.78 Å². The lowest BCUT2D eigenvalue weighted by molar-refractivity contribution is -0.121. The van der Waals surface area contributed by atoms with E-state index >= 15 is 0 Å². The zero-order chi connectivity index (χ0) is 19.6. The molecule has 5 nitrogen and oxygen atoms in total. The molecule has 1 aliphatic carbocycles. The van der Waals surface area contributed by atoms with Crippen molar-refractivity contribution in [3.63, 3.8) is 0 Å². The number of nitrogens with two attached hydrogens (primary N) is 2. The van der Waals surface area contributed by atoms with Crippen LogP contribution in [-0.2, 0) is 17.8 Å². The van der Waals surface area contributed by atoms with E-state index in [4.69, 9.17) is 16.7 Å². The summed E-state index contributed by atoms with van der Waals surface area (Å²) in [5.41, 5.74) is 15.1. The van der Waals surface area contributed by atoms with Crippen molar-refractivity contribution in [1.29, 1.82) is 5.26 Å². The fourth-order valence-electron chi connectivity index (χ4n) is 3.53. The number of aryl methyl sites for hydroxylation is 1. The second-order valence-electron chi connectivity index (χ2n) is 6.78. The Morgan fingerprint density at radius 1 is 1.30 bits per heavy atom. The van der Waals surface area contributed by atoms with Gasteiger partial charge in [0.15, 0.2) is 11.6 Å². The summed E-state index contributed by atoms with van der Waals surface area (Å²) in [6.45, 7) is 0.188. The highest BCUT2D eigenvalue weighted by Gasteiger charge is 2.30. The summed E-state index contributed by atoms with van der Waals surface area (Å²) in [4.78, 5) is 12.3. The molecule has 2 aromatic carbocycles. The van der Waals surface area contributed by atoms with Crippen LogP contribution in [-0.4, -0.2) is 11.9 Å². The molecule has 0 saturated heterocycles. The van der Waals surface area contributed by atoms with Crippen LogP contribution in [0.25, 0.3) is 0 Å². The van der Waals surface area contributed by atoms with Crippen molar-refractivity contribution in [3.05, 3.63) is 64.2 Å². The molecule has 5 N–H and O–H groups in total. The minimum Gasteiger partial charge on any atom is -0.398 e. The van der Waals surface area contributed by atoms with Crippen LogP contribution in [0.5, 0.6) is 0 Å². The third kappa shape index (κ3) is 4.07. The highest BCUT2D eigenvalue weighted by molar-refractivity contribution is 5.77. The van der Waals surface area contributed by atoms with E-state index in [1.54, 1.807) is 18.2 Å². The molecule has 140 valence electrons. The highest BCUT2D eigenvalue weighted by atomic mass is 19.2. The van der Waals surface area contributed by atoms with E-state index < -0.39 is 17.7 Å². The predicted octanol–water partition coefficient (Wildman–Crippen LogP) is 2.48. The van der Waals surface area contributed by atoms with E-state index in [0.29, 0.717) is 35.2 Å². The van der Waals surface area contributed by atoms with Crippen molar-refractivity contribution in [3.8, 4) is 6.07 Å². The lowest BCUT2D eigenvalue weighted by Crippen LogP contribution is -2.35. The molecule has 0 spiro atoms. The first-order valence-electron chi connectivity index (χ1n) is 8.67. The number of hydrogen-bond donors (Lipinski definition) is 3. The molecule has 0 aromatic heterocycles. The molecule has 0 fully saturated rings. The first kappa shape index (κ1) is 18.8. The van der Waals surface area contributed by atoms with Crippen molar-refractivity contribution in [2.24, 2.45) is 5.73 Å². The van der Waals surface area contributed by atoms with Gasteiger partial charge in [0, 0.05) is 30.6 Å². The Bertz CT molecular complexity index is 923. The number of halogens is 2. The van der Waals surface area contributed by atoms with E-state index in [1.807, 2.05) is 6.07 Å². The lowest BCUT2D eigenvalue weighted by atomic mass is 9.91. The minimum absolute atomic E-state index is 0.0565. The number of amides is 1. The van der Waals surface area contributed by atoms with E-state index in [9.17, 15) is 13.6 Å². The Labute approximate surface area is 156 Å². The Hall–Kier alpha value is -2.98. The smallest absolute Gasteiger partial charge is 0.221 e. The lowest BCUT2D eigenvalue weighted by Gasteiger charge is -2.20. The number of carbonyl (C=O) groups excluding carboxylic acids is 1. The molecule has 0 radical (unpaired) electrons. The SMILES string of the molecule is N#Cc1ccc(N)c(CNC(=O)CC(N)C2CCc3cc(F)c(F)cc32)c1. The number of carbonyl (C=O) groups is 1. The zero-order valence-electron chi connectivity index (χ0n) is 14.6. The standard InChI is InChI=1S/C20H20F2N4O/c21-16-6-12-2-3-14(15(12)7-17(16)22)19(25)8-20(27)26-10-13-5-11(9-23)1-4-18(13)24/h1,4-7,14,19H,2-3,8,10,24-25H2,(H,26,27). The molecule has 2 atom stereocenters. The van der Waals surface area contributed by atoms with E-state index in [0.717, 1.165) is 5.56 Å². The van der Waals surface area contributed by atoms with Crippen molar-refractivity contribution < 1.29 is 13.6 Å². The summed E-state index contributed by atoms with van der Waals surface area (Å²) in [5.74, 6) is -2.21. The molecule has 0 heterocycles. The summed E-state index contributed by atoms with van der Waals surface area (Å²) < 4.78 is 26.9. The molecule has 7 heteroatoms. The number of fused-ring (bicyclic) bond motifs is 1. The molecular formula is C20H20F2N4O. The topological polar surface area (TPSA) is 105 Å². The van der Waals surface area contributed by atoms with Gasteiger partial charge in [0.25, 0.3) is 0 Å². The van der Waals surface area contributed by atoms with Crippen LogP contribution in [0, 0.1) is 23.0 Å². The van der Waals surface area contributed by atoms with Gasteiger partial charge in [-0.1, -0.05) is 0 Å². The van der Waals surface area contributed by atoms with Crippen LogP contribution in [0.4, 0.5) is 14.5 Å². The normalized spacial score (nSPS) is 16.4. The number of nitrogens with zero attached hydrogens (tertiary/aromatic N) is 1. The van der Waals surface area contributed by atoms with Crippen molar-refractivity contribution in [2.75, 3.05) is 5.73 Å². The Morgan fingerprint density at radius 3 is 2.78 bits per heavy atom. The maximum Gasteiger partial charge on any atom is 0.221 e. The summed E-state index contributed by atoms with van der Waals surface area (Å²) >= 11 is 0. The zero-order valence-corrected chi connectivity index (χ0v) is 14.6. The molecule has 27 heavy (non-hydrogen) atoms. The molecule has 1 aliphatic rings. The number of benzene rings is 2. The van der Waals surface area contributed by atoms with Gasteiger partial charge in [-0.05, 0) is 59.9 Å². The summed E-state index contributed by atoms with van der Waals surface area (Å²) in [6.07, 6.45) is 1.33. The summed E-state index contributed by atoms with van der Waals surface area (Å²) in [7, 11) is 0. The second-order valence-corrected chi connectivity index (χ2v) is 6.78. The number of nitrogen functional groups attached to an aromatic ring is 1. The van der Waals surface area contributed by atoms with Crippen LogP contribution in [0.15, 0.2) is 30.3 Å². The van der Waals surface area contributed by atoms with Gasteiger partial charge in [0.1, 0.15) is 0 Å². The van der Waals surface area contributed by atoms with Gasteiger partial charge in [-0.15, -0.1) is 0 Å². The Morgan fingerprint density at radius 2 is 2.04 bits per heavy atom. The summed E-state index contributed by atoms with van der Waals surface area (Å²) in [6, 6.07) is 8.77. The molecule has 0 bridgehead atoms. The Balaban J connectivity index is 1.61. The first-order valence-corrected chi connectivity index (χ1v) is 8.67. The van der Waals surface area contributed by atoms with E-state index in [-0.39, 0.29) is 24.8 Å². The molecule has 3 rings (SSSR count).